The molecule has 2 unspecified atom stereocenters. The van der Waals surface area contributed by atoms with Gasteiger partial charge in [-0.1, -0.05) is 82.9 Å². The molecule has 6 N–H and O–H groups in total. The fraction of sp³-hybridized carbons (Fsp3) is 0.138. The van der Waals surface area contributed by atoms with E-state index in [0.717, 1.165) is 22.3 Å². The van der Waals surface area contributed by atoms with Crippen LogP contribution in [0.3, 0.4) is 0 Å². The van der Waals surface area contributed by atoms with E-state index in [1.165, 1.54) is 24.3 Å². The first-order chi connectivity index (χ1) is 17.6. The number of rotatable bonds is 6. The number of hydrogen-bond donors (Lipinski definition) is 5. The lowest BCUT2D eigenvalue weighted by Gasteiger charge is -2.29. The monoisotopic (exact) mass is 536 g/mol. The molecule has 4 aromatic carbocycles. The third-order valence-electron chi connectivity index (χ3n) is 6.38. The Kier molecular flexibility index (Phi) is 7.52. The van der Waals surface area contributed by atoms with Gasteiger partial charge in [-0.05, 0) is 37.1 Å². The number of aryl methyl sites for hydroxylation is 2. The second kappa shape index (κ2) is 10.6. The summed E-state index contributed by atoms with van der Waals surface area (Å²) >= 11 is 12.5. The Labute approximate surface area is 224 Å². The van der Waals surface area contributed by atoms with Crippen LogP contribution in [0, 0.1) is 13.8 Å². The van der Waals surface area contributed by atoms with Crippen molar-refractivity contribution in [1.29, 1.82) is 0 Å². The van der Waals surface area contributed by atoms with Crippen LogP contribution < -0.4 is 5.84 Å². The van der Waals surface area contributed by atoms with E-state index in [1.54, 1.807) is 0 Å². The van der Waals surface area contributed by atoms with Crippen molar-refractivity contribution in [3.05, 3.63) is 116 Å². The van der Waals surface area contributed by atoms with Gasteiger partial charge in [0.1, 0.15) is 23.0 Å². The highest BCUT2D eigenvalue weighted by molar-refractivity contribution is 6.32. The number of benzene rings is 4. The van der Waals surface area contributed by atoms with Crippen LogP contribution in [0.15, 0.2) is 77.9 Å². The summed E-state index contributed by atoms with van der Waals surface area (Å²) in [5.74, 6) is 3.67. The molecule has 0 saturated carbocycles. The maximum atomic E-state index is 10.9. The summed E-state index contributed by atoms with van der Waals surface area (Å²) in [6.45, 7) is 3.91. The molecule has 190 valence electrons. The molecule has 0 aliphatic carbocycles. The van der Waals surface area contributed by atoms with Gasteiger partial charge in [0.05, 0.1) is 27.6 Å². The number of halogens is 2. The van der Waals surface area contributed by atoms with Gasteiger partial charge >= 0.3 is 0 Å². The molecule has 8 heteroatoms. The van der Waals surface area contributed by atoms with Gasteiger partial charge in [-0.25, -0.2) is 0 Å². The molecule has 0 aliphatic heterocycles. The average molecular weight is 537 g/mol. The van der Waals surface area contributed by atoms with Gasteiger partial charge in [-0.3, -0.25) is 0 Å². The predicted molar refractivity (Wildman–Crippen MR) is 147 cm³/mol. The second-order valence-corrected chi connectivity index (χ2v) is 9.78. The van der Waals surface area contributed by atoms with E-state index in [0.29, 0.717) is 16.8 Å². The third kappa shape index (κ3) is 5.31. The van der Waals surface area contributed by atoms with Crippen LogP contribution in [0.25, 0.3) is 0 Å². The second-order valence-electron chi connectivity index (χ2n) is 8.97. The van der Waals surface area contributed by atoms with Crippen LogP contribution in [0.5, 0.6) is 23.0 Å². The smallest absolute Gasteiger partial charge is 0.137 e. The number of nitrogens with two attached hydrogens (primary N) is 1. The minimum absolute atomic E-state index is 0.0451. The number of nitrogens with zero attached hydrogens (tertiary/aromatic N) is 1. The molecule has 0 aromatic heterocycles. The van der Waals surface area contributed by atoms with Gasteiger partial charge in [0.2, 0.25) is 0 Å². The molecular weight excluding hydrogens is 511 g/mol. The lowest BCUT2D eigenvalue weighted by Crippen LogP contribution is -2.25. The molecular formula is C29H26Cl2N2O4. The van der Waals surface area contributed by atoms with Gasteiger partial charge in [0.15, 0.2) is 0 Å². The molecule has 4 rings (SSSR count). The Bertz CT molecular complexity index is 1360. The Morgan fingerprint density at radius 2 is 0.973 bits per heavy atom. The highest BCUT2D eigenvalue weighted by atomic mass is 35.5. The molecule has 0 heterocycles. The number of phenolic OH excluding ortho intramolecular Hbond substituents is 4. The van der Waals surface area contributed by atoms with Gasteiger partial charge in [-0.15, -0.1) is 0 Å². The molecule has 37 heavy (non-hydrogen) atoms. The van der Waals surface area contributed by atoms with Crippen LogP contribution in [0.4, 0.5) is 0 Å². The van der Waals surface area contributed by atoms with Crippen LogP contribution >= 0.6 is 23.2 Å². The van der Waals surface area contributed by atoms with E-state index in [-0.39, 0.29) is 33.0 Å². The van der Waals surface area contributed by atoms with Crippen molar-refractivity contribution in [1.82, 2.24) is 0 Å². The summed E-state index contributed by atoms with van der Waals surface area (Å²) in [4.78, 5) is 0. The van der Waals surface area contributed by atoms with Crippen molar-refractivity contribution in [2.24, 2.45) is 10.9 Å². The molecule has 2 atom stereocenters. The van der Waals surface area contributed by atoms with Crippen LogP contribution in [-0.4, -0.2) is 26.1 Å². The fourth-order valence-corrected chi connectivity index (χ4v) is 4.79. The number of aromatic hydroxyl groups is 4. The number of hydrogen-bond acceptors (Lipinski definition) is 6. The Morgan fingerprint density at radius 1 is 0.622 bits per heavy atom. The SMILES string of the molecule is Cc1ccc(C(C(=NN)C(c2ccc(C)cc2)c2cc(Cl)c(O)cc2O)c2cc(Cl)c(O)cc2O)cc1. The van der Waals surface area contributed by atoms with Crippen molar-refractivity contribution in [3.63, 3.8) is 0 Å². The molecule has 6 nitrogen and oxygen atoms in total. The van der Waals surface area contributed by atoms with Crippen molar-refractivity contribution < 1.29 is 20.4 Å². The zero-order valence-corrected chi connectivity index (χ0v) is 21.7. The van der Waals surface area contributed by atoms with Crippen LogP contribution in [0.1, 0.15) is 45.2 Å². The quantitative estimate of drug-likeness (QED) is 0.106. The lowest BCUT2D eigenvalue weighted by atomic mass is 9.75. The largest absolute Gasteiger partial charge is 0.507 e. The van der Waals surface area contributed by atoms with E-state index in [4.69, 9.17) is 29.0 Å². The van der Waals surface area contributed by atoms with E-state index in [9.17, 15) is 20.4 Å². The topological polar surface area (TPSA) is 119 Å². The highest BCUT2D eigenvalue weighted by Gasteiger charge is 2.34. The normalized spacial score (nSPS) is 12.6. The first-order valence-electron chi connectivity index (χ1n) is 11.4. The first-order valence-corrected chi connectivity index (χ1v) is 12.2. The van der Waals surface area contributed by atoms with E-state index >= 15 is 0 Å². The van der Waals surface area contributed by atoms with Crippen molar-refractivity contribution in [3.8, 4) is 23.0 Å². The maximum Gasteiger partial charge on any atom is 0.137 e. The fourth-order valence-electron chi connectivity index (χ4n) is 4.45. The van der Waals surface area contributed by atoms with Crippen molar-refractivity contribution in [2.45, 2.75) is 25.7 Å². The van der Waals surface area contributed by atoms with Gasteiger partial charge < -0.3 is 26.3 Å². The third-order valence-corrected chi connectivity index (χ3v) is 6.98. The Hall–Kier alpha value is -3.87. The standard InChI is InChI=1S/C29H26Cl2N2O4/c1-15-3-7-17(8-4-15)27(19-11-21(30)25(36)13-23(19)34)29(33-32)28(18-9-5-16(2)6-10-18)20-12-22(31)26(37)14-24(20)35/h3-14,27-28,34-37H,32H2,1-2H3. The van der Waals surface area contributed by atoms with Crippen LogP contribution in [-0.2, 0) is 0 Å². The number of hydrazone groups is 1. The minimum atomic E-state index is -0.734. The zero-order valence-electron chi connectivity index (χ0n) is 20.2. The minimum Gasteiger partial charge on any atom is -0.507 e. The summed E-state index contributed by atoms with van der Waals surface area (Å²) in [5.41, 5.74) is 4.62. The highest BCUT2D eigenvalue weighted by Crippen LogP contribution is 2.45. The van der Waals surface area contributed by atoms with Gasteiger partial charge in [0, 0.05) is 23.3 Å². The molecule has 0 saturated heterocycles. The van der Waals surface area contributed by atoms with E-state index in [1.807, 2.05) is 62.4 Å². The summed E-state index contributed by atoms with van der Waals surface area (Å²) in [7, 11) is 0. The molecule has 4 aromatic rings. The zero-order chi connectivity index (χ0) is 26.9. The summed E-state index contributed by atoms with van der Waals surface area (Å²) in [6, 6.07) is 20.5. The molecule has 0 bridgehead atoms. The molecule has 0 spiro atoms. The molecule has 0 amide bonds. The van der Waals surface area contributed by atoms with E-state index < -0.39 is 11.8 Å². The maximum absolute atomic E-state index is 10.9. The van der Waals surface area contributed by atoms with Crippen molar-refractivity contribution in [2.75, 3.05) is 0 Å². The molecule has 0 radical (unpaired) electrons. The predicted octanol–water partition coefficient (Wildman–Crippen LogP) is 6.71. The van der Waals surface area contributed by atoms with Crippen LogP contribution in [0.2, 0.25) is 10.0 Å². The summed E-state index contributed by atoms with van der Waals surface area (Å²) in [5, 5.41) is 46.3. The summed E-state index contributed by atoms with van der Waals surface area (Å²) in [6.07, 6.45) is 0. The Morgan fingerprint density at radius 3 is 1.30 bits per heavy atom. The Balaban J connectivity index is 2.04. The van der Waals surface area contributed by atoms with Gasteiger partial charge in [-0.2, -0.15) is 5.10 Å². The molecule has 0 fully saturated rings. The van der Waals surface area contributed by atoms with Gasteiger partial charge in [0.25, 0.3) is 0 Å². The lowest BCUT2D eigenvalue weighted by molar-refractivity contribution is 0.446. The van der Waals surface area contributed by atoms with E-state index in [2.05, 4.69) is 5.10 Å². The average Bonchev–Trinajstić information content (AvgIpc) is 2.86. The number of phenols is 4. The van der Waals surface area contributed by atoms with Crippen molar-refractivity contribution >= 4 is 28.9 Å². The molecule has 0 aliphatic rings. The first kappa shape index (κ1) is 26.2. The summed E-state index contributed by atoms with van der Waals surface area (Å²) < 4.78 is 0.